The van der Waals surface area contributed by atoms with Gasteiger partial charge in [0.15, 0.2) is 0 Å². The highest BCUT2D eigenvalue weighted by Crippen LogP contribution is 2.26. The van der Waals surface area contributed by atoms with Gasteiger partial charge in [-0.05, 0) is 30.9 Å². The molecule has 2 rings (SSSR count). The van der Waals surface area contributed by atoms with Crippen LogP contribution in [0, 0.1) is 0 Å². The third-order valence-electron chi connectivity index (χ3n) is 3.07. The minimum absolute atomic E-state index is 0.355. The maximum absolute atomic E-state index is 11.5. The third kappa shape index (κ3) is 3.98. The average Bonchev–Trinajstić information content (AvgIpc) is 2.37. The molecule has 0 aromatic heterocycles. The van der Waals surface area contributed by atoms with Crippen molar-refractivity contribution in [2.45, 2.75) is 39.4 Å². The fourth-order valence-electron chi connectivity index (χ4n) is 2.09. The minimum Gasteiger partial charge on any atom is -0.452 e. The van der Waals surface area contributed by atoms with Crippen LogP contribution in [0.25, 0.3) is 0 Å². The molecule has 0 spiro atoms. The van der Waals surface area contributed by atoms with Crippen LogP contribution in [0.5, 0.6) is 0 Å². The summed E-state index contributed by atoms with van der Waals surface area (Å²) in [5.41, 5.74) is 2.26. The van der Waals surface area contributed by atoms with Crippen LogP contribution in [0.4, 0.5) is 0 Å². The molecular weight excluding hydrogens is 252 g/mol. The number of hydrogen-bond acceptors (Lipinski definition) is 3. The van der Waals surface area contributed by atoms with Crippen LogP contribution >= 0.6 is 0 Å². The number of benzene rings is 1. The molecule has 0 N–H and O–H groups in total. The molecule has 1 aliphatic heterocycles. The zero-order valence-corrected chi connectivity index (χ0v) is 12.2. The molecule has 1 aromatic rings. The first kappa shape index (κ1) is 14.4. The van der Waals surface area contributed by atoms with Gasteiger partial charge in [0.25, 0.3) is 0 Å². The number of rotatable bonds is 4. The molecule has 0 bridgehead atoms. The summed E-state index contributed by atoms with van der Waals surface area (Å²) in [5, 5.41) is 0. The molecule has 1 heterocycles. The molecule has 3 heteroatoms. The van der Waals surface area contributed by atoms with Gasteiger partial charge in [0.1, 0.15) is 5.76 Å². The second kappa shape index (κ2) is 5.95. The normalized spacial score (nSPS) is 18.1. The van der Waals surface area contributed by atoms with E-state index < -0.39 is 5.79 Å². The Bertz CT molecular complexity index is 539. The van der Waals surface area contributed by atoms with Gasteiger partial charge in [-0.2, -0.15) is 0 Å². The van der Waals surface area contributed by atoms with Gasteiger partial charge in [0, 0.05) is 13.8 Å². The summed E-state index contributed by atoms with van der Waals surface area (Å²) in [6, 6.07) is 10.3. The van der Waals surface area contributed by atoms with Crippen molar-refractivity contribution in [1.29, 1.82) is 0 Å². The molecule has 0 atom stereocenters. The van der Waals surface area contributed by atoms with Gasteiger partial charge in [-0.1, -0.05) is 36.4 Å². The molecule has 0 radical (unpaired) electrons. The molecule has 0 aliphatic carbocycles. The SMILES string of the molecule is C/C(=C\CCc1ccccc1)C1=CC(=O)OC(C)(C)O1. The van der Waals surface area contributed by atoms with E-state index in [0.717, 1.165) is 18.4 Å². The van der Waals surface area contributed by atoms with Crippen LogP contribution < -0.4 is 0 Å². The molecule has 1 aromatic carbocycles. The highest BCUT2D eigenvalue weighted by atomic mass is 16.7. The lowest BCUT2D eigenvalue weighted by Gasteiger charge is -2.30. The first-order chi connectivity index (χ1) is 9.46. The van der Waals surface area contributed by atoms with Crippen LogP contribution in [0.1, 0.15) is 32.8 Å². The first-order valence-electron chi connectivity index (χ1n) is 6.81. The van der Waals surface area contributed by atoms with Crippen LogP contribution in [0.15, 0.2) is 53.8 Å². The molecular formula is C17H20O3. The zero-order valence-electron chi connectivity index (χ0n) is 12.2. The van der Waals surface area contributed by atoms with Crippen molar-refractivity contribution in [2.24, 2.45) is 0 Å². The van der Waals surface area contributed by atoms with Crippen molar-refractivity contribution in [1.82, 2.24) is 0 Å². The maximum atomic E-state index is 11.5. The molecule has 0 amide bonds. The van der Waals surface area contributed by atoms with Gasteiger partial charge >= 0.3 is 5.97 Å². The van der Waals surface area contributed by atoms with Gasteiger partial charge in [0.2, 0.25) is 5.79 Å². The van der Waals surface area contributed by atoms with Crippen molar-refractivity contribution in [3.8, 4) is 0 Å². The van der Waals surface area contributed by atoms with E-state index in [0.29, 0.717) is 5.76 Å². The standard InChI is InChI=1S/C17H20O3/c1-13(8-7-11-14-9-5-4-6-10-14)15-12-16(18)20-17(2,3)19-15/h4-6,8-10,12H,7,11H2,1-3H3/b13-8+. The van der Waals surface area contributed by atoms with Crippen molar-refractivity contribution in [2.75, 3.05) is 0 Å². The number of esters is 1. The van der Waals surface area contributed by atoms with Gasteiger partial charge in [-0.3, -0.25) is 0 Å². The summed E-state index contributed by atoms with van der Waals surface area (Å²) in [6.07, 6.45) is 5.37. The Kier molecular flexibility index (Phi) is 4.28. The van der Waals surface area contributed by atoms with Crippen LogP contribution in [-0.4, -0.2) is 11.8 Å². The molecule has 20 heavy (non-hydrogen) atoms. The number of carbonyl (C=O) groups excluding carboxylic acids is 1. The molecule has 0 saturated heterocycles. The first-order valence-corrected chi connectivity index (χ1v) is 6.81. The van der Waals surface area contributed by atoms with Gasteiger partial charge < -0.3 is 9.47 Å². The largest absolute Gasteiger partial charge is 0.452 e. The Hall–Kier alpha value is -2.03. The summed E-state index contributed by atoms with van der Waals surface area (Å²) < 4.78 is 10.7. The molecule has 3 nitrogen and oxygen atoms in total. The Morgan fingerprint density at radius 3 is 2.55 bits per heavy atom. The number of cyclic esters (lactones) is 1. The topological polar surface area (TPSA) is 35.5 Å². The zero-order chi connectivity index (χ0) is 14.6. The Morgan fingerprint density at radius 2 is 1.90 bits per heavy atom. The van der Waals surface area contributed by atoms with E-state index in [-0.39, 0.29) is 5.97 Å². The molecule has 106 valence electrons. The lowest BCUT2D eigenvalue weighted by molar-refractivity contribution is -0.203. The Morgan fingerprint density at radius 1 is 1.20 bits per heavy atom. The lowest BCUT2D eigenvalue weighted by Crippen LogP contribution is -2.34. The fourth-order valence-corrected chi connectivity index (χ4v) is 2.09. The Balaban J connectivity index is 1.98. The third-order valence-corrected chi connectivity index (χ3v) is 3.07. The number of ether oxygens (including phenoxy) is 2. The van der Waals surface area contributed by atoms with E-state index in [1.165, 1.54) is 11.6 Å². The van der Waals surface area contributed by atoms with Crippen LogP contribution in [-0.2, 0) is 20.7 Å². The Labute approximate surface area is 119 Å². The second-order valence-corrected chi connectivity index (χ2v) is 5.34. The fraction of sp³-hybridized carbons (Fsp3) is 0.353. The number of carbonyl (C=O) groups is 1. The number of hydrogen-bond donors (Lipinski definition) is 0. The van der Waals surface area contributed by atoms with E-state index in [4.69, 9.17) is 9.47 Å². The summed E-state index contributed by atoms with van der Waals surface area (Å²) in [6.45, 7) is 5.41. The predicted molar refractivity (Wildman–Crippen MR) is 77.9 cm³/mol. The lowest BCUT2D eigenvalue weighted by atomic mass is 10.1. The number of allylic oxidation sites excluding steroid dienone is 2. The smallest absolute Gasteiger partial charge is 0.337 e. The minimum atomic E-state index is -0.893. The predicted octanol–water partition coefficient (Wildman–Crippen LogP) is 3.76. The van der Waals surface area contributed by atoms with Crippen molar-refractivity contribution in [3.05, 3.63) is 59.4 Å². The summed E-state index contributed by atoms with van der Waals surface area (Å²) in [7, 11) is 0. The van der Waals surface area contributed by atoms with Gasteiger partial charge in [-0.25, -0.2) is 4.79 Å². The van der Waals surface area contributed by atoms with Crippen LogP contribution in [0.3, 0.4) is 0 Å². The highest BCUT2D eigenvalue weighted by molar-refractivity contribution is 5.84. The van der Waals surface area contributed by atoms with Gasteiger partial charge in [0.05, 0.1) is 6.08 Å². The van der Waals surface area contributed by atoms with Crippen LogP contribution in [0.2, 0.25) is 0 Å². The van der Waals surface area contributed by atoms with Gasteiger partial charge in [-0.15, -0.1) is 0 Å². The molecule has 0 saturated carbocycles. The van der Waals surface area contributed by atoms with E-state index in [2.05, 4.69) is 18.2 Å². The summed E-state index contributed by atoms with van der Waals surface area (Å²) in [5.74, 6) is -0.651. The monoisotopic (exact) mass is 272 g/mol. The van der Waals surface area contributed by atoms with Crippen molar-refractivity contribution >= 4 is 5.97 Å². The summed E-state index contributed by atoms with van der Waals surface area (Å²) in [4.78, 5) is 11.5. The average molecular weight is 272 g/mol. The second-order valence-electron chi connectivity index (χ2n) is 5.34. The maximum Gasteiger partial charge on any atom is 0.337 e. The van der Waals surface area contributed by atoms with E-state index in [1.807, 2.05) is 25.1 Å². The van der Waals surface area contributed by atoms with E-state index in [9.17, 15) is 4.79 Å². The van der Waals surface area contributed by atoms with Crippen molar-refractivity contribution < 1.29 is 14.3 Å². The molecule has 1 aliphatic rings. The number of aryl methyl sites for hydroxylation is 1. The van der Waals surface area contributed by atoms with Crippen molar-refractivity contribution in [3.63, 3.8) is 0 Å². The molecule has 0 fully saturated rings. The summed E-state index contributed by atoms with van der Waals surface area (Å²) >= 11 is 0. The highest BCUT2D eigenvalue weighted by Gasteiger charge is 2.30. The quantitative estimate of drug-likeness (QED) is 0.783. The van der Waals surface area contributed by atoms with E-state index in [1.54, 1.807) is 13.8 Å². The van der Waals surface area contributed by atoms with E-state index >= 15 is 0 Å². The molecule has 0 unspecified atom stereocenters.